The van der Waals surface area contributed by atoms with E-state index in [4.69, 9.17) is 5.73 Å². The highest BCUT2D eigenvalue weighted by atomic mass is 32.2. The van der Waals surface area contributed by atoms with E-state index in [1.165, 1.54) is 6.07 Å². The molecule has 0 bridgehead atoms. The SMILES string of the molecule is Nc1ccc(C(=O)NC2CCSC2)cc1C(F)(F)F. The molecule has 1 aliphatic rings. The number of hydrogen-bond acceptors (Lipinski definition) is 3. The van der Waals surface area contributed by atoms with Gasteiger partial charge in [0.25, 0.3) is 5.91 Å². The van der Waals surface area contributed by atoms with Crippen LogP contribution in [-0.2, 0) is 6.18 Å². The molecule has 0 radical (unpaired) electrons. The molecule has 7 heteroatoms. The van der Waals surface area contributed by atoms with Crippen LogP contribution in [0.3, 0.4) is 0 Å². The van der Waals surface area contributed by atoms with Gasteiger partial charge in [-0.2, -0.15) is 24.9 Å². The lowest BCUT2D eigenvalue weighted by atomic mass is 10.1. The minimum absolute atomic E-state index is 0.0153. The summed E-state index contributed by atoms with van der Waals surface area (Å²) >= 11 is 1.71. The monoisotopic (exact) mass is 290 g/mol. The second-order valence-electron chi connectivity index (χ2n) is 4.33. The molecule has 104 valence electrons. The minimum atomic E-state index is -4.55. The molecule has 1 atom stereocenters. The molecule has 2 rings (SSSR count). The smallest absolute Gasteiger partial charge is 0.398 e. The van der Waals surface area contributed by atoms with Crippen LogP contribution < -0.4 is 11.1 Å². The molecule has 0 saturated carbocycles. The first-order valence-electron chi connectivity index (χ1n) is 5.73. The van der Waals surface area contributed by atoms with Crippen LogP contribution in [0.2, 0.25) is 0 Å². The maximum atomic E-state index is 12.7. The fraction of sp³-hybridized carbons (Fsp3) is 0.417. The quantitative estimate of drug-likeness (QED) is 0.823. The number of anilines is 1. The maximum Gasteiger partial charge on any atom is 0.418 e. The first-order chi connectivity index (χ1) is 8.88. The number of alkyl halides is 3. The van der Waals surface area contributed by atoms with Gasteiger partial charge in [-0.3, -0.25) is 4.79 Å². The third-order valence-corrected chi connectivity index (χ3v) is 4.05. The molecule has 1 saturated heterocycles. The van der Waals surface area contributed by atoms with Crippen LogP contribution in [0.1, 0.15) is 22.3 Å². The molecule has 1 unspecified atom stereocenters. The molecule has 1 heterocycles. The van der Waals surface area contributed by atoms with E-state index in [1.807, 2.05) is 0 Å². The molecule has 0 aromatic heterocycles. The van der Waals surface area contributed by atoms with Crippen molar-refractivity contribution >= 4 is 23.4 Å². The van der Waals surface area contributed by atoms with Crippen molar-refractivity contribution in [3.8, 4) is 0 Å². The van der Waals surface area contributed by atoms with E-state index in [9.17, 15) is 18.0 Å². The predicted molar refractivity (Wildman–Crippen MR) is 69.1 cm³/mol. The summed E-state index contributed by atoms with van der Waals surface area (Å²) in [5.41, 5.74) is 3.92. The van der Waals surface area contributed by atoms with Crippen LogP contribution in [0, 0.1) is 0 Å². The normalized spacial score (nSPS) is 19.4. The lowest BCUT2D eigenvalue weighted by molar-refractivity contribution is -0.136. The lowest BCUT2D eigenvalue weighted by Crippen LogP contribution is -2.34. The standard InChI is InChI=1S/C12H13F3N2OS/c13-12(14,15)9-5-7(1-2-10(9)16)11(18)17-8-3-4-19-6-8/h1-2,5,8H,3-4,6,16H2,(H,17,18). The van der Waals surface area contributed by atoms with Gasteiger partial charge in [0.2, 0.25) is 0 Å². The molecular weight excluding hydrogens is 277 g/mol. The molecule has 1 aliphatic heterocycles. The Labute approximate surface area is 112 Å². The van der Waals surface area contributed by atoms with Gasteiger partial charge < -0.3 is 11.1 Å². The van der Waals surface area contributed by atoms with Crippen molar-refractivity contribution < 1.29 is 18.0 Å². The van der Waals surface area contributed by atoms with Gasteiger partial charge in [0, 0.05) is 23.0 Å². The number of hydrogen-bond donors (Lipinski definition) is 2. The van der Waals surface area contributed by atoms with Gasteiger partial charge in [-0.05, 0) is 30.4 Å². The molecule has 1 aromatic carbocycles. The minimum Gasteiger partial charge on any atom is -0.398 e. The third-order valence-electron chi connectivity index (χ3n) is 2.89. The summed E-state index contributed by atoms with van der Waals surface area (Å²) in [6.45, 7) is 0. The first kappa shape index (κ1) is 14.0. The number of thioether (sulfide) groups is 1. The Bertz CT molecular complexity index is 484. The van der Waals surface area contributed by atoms with Crippen molar-refractivity contribution in [3.05, 3.63) is 29.3 Å². The average molecular weight is 290 g/mol. The highest BCUT2D eigenvalue weighted by Gasteiger charge is 2.33. The van der Waals surface area contributed by atoms with E-state index in [-0.39, 0.29) is 17.3 Å². The number of carbonyl (C=O) groups excluding carboxylic acids is 1. The molecule has 3 nitrogen and oxygen atoms in total. The number of nitrogen functional groups attached to an aromatic ring is 1. The topological polar surface area (TPSA) is 55.1 Å². The van der Waals surface area contributed by atoms with Crippen molar-refractivity contribution in [2.45, 2.75) is 18.6 Å². The summed E-state index contributed by atoms with van der Waals surface area (Å²) < 4.78 is 38.0. The molecule has 3 N–H and O–H groups in total. The predicted octanol–water partition coefficient (Wildman–Crippen LogP) is 2.52. The number of carbonyl (C=O) groups is 1. The zero-order valence-corrected chi connectivity index (χ0v) is 10.8. The summed E-state index contributed by atoms with van der Waals surface area (Å²) in [5, 5.41) is 2.73. The number of halogens is 3. The van der Waals surface area contributed by atoms with Crippen molar-refractivity contribution in [1.82, 2.24) is 5.32 Å². The largest absolute Gasteiger partial charge is 0.418 e. The van der Waals surface area contributed by atoms with Gasteiger partial charge in [-0.25, -0.2) is 0 Å². The highest BCUT2D eigenvalue weighted by Crippen LogP contribution is 2.34. The van der Waals surface area contributed by atoms with Gasteiger partial charge in [0.05, 0.1) is 5.56 Å². The van der Waals surface area contributed by atoms with Crippen LogP contribution >= 0.6 is 11.8 Å². The second kappa shape index (κ2) is 5.32. The fourth-order valence-corrected chi connectivity index (χ4v) is 3.01. The van der Waals surface area contributed by atoms with Gasteiger partial charge in [-0.1, -0.05) is 0 Å². The van der Waals surface area contributed by atoms with Crippen molar-refractivity contribution in [2.75, 3.05) is 17.2 Å². The Kier molecular flexibility index (Phi) is 3.93. The zero-order chi connectivity index (χ0) is 14.0. The molecule has 1 fully saturated rings. The summed E-state index contributed by atoms with van der Waals surface area (Å²) in [5.74, 6) is 1.27. The van der Waals surface area contributed by atoms with Crippen LogP contribution in [0.25, 0.3) is 0 Å². The van der Waals surface area contributed by atoms with E-state index >= 15 is 0 Å². The summed E-state index contributed by atoms with van der Waals surface area (Å²) in [6.07, 6.45) is -3.71. The zero-order valence-electron chi connectivity index (χ0n) is 9.96. The molecule has 1 amide bonds. The van der Waals surface area contributed by atoms with Crippen molar-refractivity contribution in [1.29, 1.82) is 0 Å². The fourth-order valence-electron chi connectivity index (χ4n) is 1.86. The third kappa shape index (κ3) is 3.34. The molecule has 0 spiro atoms. The van der Waals surface area contributed by atoms with E-state index < -0.39 is 17.6 Å². The van der Waals surface area contributed by atoms with Gasteiger partial charge >= 0.3 is 6.18 Å². The first-order valence-corrected chi connectivity index (χ1v) is 6.89. The number of nitrogens with two attached hydrogens (primary N) is 1. The highest BCUT2D eigenvalue weighted by molar-refractivity contribution is 7.99. The van der Waals surface area contributed by atoms with E-state index in [2.05, 4.69) is 5.32 Å². The van der Waals surface area contributed by atoms with Crippen LogP contribution in [0.5, 0.6) is 0 Å². The molecule has 0 aliphatic carbocycles. The number of rotatable bonds is 2. The number of amides is 1. The Morgan fingerprint density at radius 2 is 2.16 bits per heavy atom. The second-order valence-corrected chi connectivity index (χ2v) is 5.48. The van der Waals surface area contributed by atoms with E-state index in [1.54, 1.807) is 11.8 Å². The van der Waals surface area contributed by atoms with Gasteiger partial charge in [0.15, 0.2) is 0 Å². The average Bonchev–Trinajstić information content (AvgIpc) is 2.80. The van der Waals surface area contributed by atoms with Crippen LogP contribution in [-0.4, -0.2) is 23.5 Å². The van der Waals surface area contributed by atoms with Gasteiger partial charge in [0.1, 0.15) is 0 Å². The number of nitrogens with one attached hydrogen (secondary N) is 1. The Hall–Kier alpha value is -1.37. The van der Waals surface area contributed by atoms with Crippen LogP contribution in [0.4, 0.5) is 18.9 Å². The van der Waals surface area contributed by atoms with E-state index in [0.717, 1.165) is 30.1 Å². The number of benzene rings is 1. The molecular formula is C12H13F3N2OS. The van der Waals surface area contributed by atoms with Gasteiger partial charge in [-0.15, -0.1) is 0 Å². The summed E-state index contributed by atoms with van der Waals surface area (Å²) in [7, 11) is 0. The Morgan fingerprint density at radius 3 is 2.74 bits per heavy atom. The molecule has 19 heavy (non-hydrogen) atoms. The maximum absolute atomic E-state index is 12.7. The summed E-state index contributed by atoms with van der Waals surface area (Å²) in [6, 6.07) is 3.25. The van der Waals surface area contributed by atoms with Crippen LogP contribution in [0.15, 0.2) is 18.2 Å². The van der Waals surface area contributed by atoms with Crippen molar-refractivity contribution in [2.24, 2.45) is 0 Å². The van der Waals surface area contributed by atoms with E-state index in [0.29, 0.717) is 0 Å². The summed E-state index contributed by atoms with van der Waals surface area (Å²) in [4.78, 5) is 11.9. The molecule has 1 aromatic rings. The Balaban J connectivity index is 2.18. The Morgan fingerprint density at radius 1 is 1.42 bits per heavy atom. The lowest BCUT2D eigenvalue weighted by Gasteiger charge is -2.14. The van der Waals surface area contributed by atoms with Crippen molar-refractivity contribution in [3.63, 3.8) is 0 Å².